The van der Waals surface area contributed by atoms with Gasteiger partial charge in [-0.15, -0.1) is 0 Å². The van der Waals surface area contributed by atoms with E-state index >= 15 is 0 Å². The first-order valence-electron chi connectivity index (χ1n) is 8.94. The van der Waals surface area contributed by atoms with Crippen LogP contribution in [0.5, 0.6) is 0 Å². The summed E-state index contributed by atoms with van der Waals surface area (Å²) in [5, 5.41) is 0. The lowest BCUT2D eigenvalue weighted by Crippen LogP contribution is -2.11. The highest BCUT2D eigenvalue weighted by Crippen LogP contribution is 2.31. The van der Waals surface area contributed by atoms with Crippen molar-refractivity contribution < 1.29 is 9.53 Å². The summed E-state index contributed by atoms with van der Waals surface area (Å²) < 4.78 is 5.53. The number of carbonyl (C=O) groups is 1. The highest BCUT2D eigenvalue weighted by atomic mass is 16.5. The number of unbranched alkanes of at least 4 members (excludes halogenated alkanes) is 4. The molecule has 2 rings (SSSR count). The largest absolute Gasteiger partial charge is 0.450 e. The molecule has 0 saturated carbocycles. The Bertz CT molecular complexity index is 546. The summed E-state index contributed by atoms with van der Waals surface area (Å²) in [5.74, 6) is -0.134. The number of carbonyl (C=O) groups excluding carboxylic acids is 1. The number of hydrogen-bond acceptors (Lipinski definition) is 2. The van der Waals surface area contributed by atoms with Crippen molar-refractivity contribution in [3.8, 4) is 0 Å². The molecule has 2 heteroatoms. The maximum Gasteiger partial charge on any atom is 0.334 e. The van der Waals surface area contributed by atoms with E-state index in [2.05, 4.69) is 52.0 Å². The number of rotatable bonds is 7. The zero-order valence-electron chi connectivity index (χ0n) is 15.0. The molecule has 0 saturated heterocycles. The molecule has 1 aromatic rings. The van der Waals surface area contributed by atoms with Crippen LogP contribution in [0.3, 0.4) is 0 Å². The molecular formula is C21H30O2. The van der Waals surface area contributed by atoms with Gasteiger partial charge in [-0.1, -0.05) is 77.6 Å². The standard InChI is InChI=1S/C21H30O2/c1-5-6-7-8-9-10-17-15-19(23-20(17)22)16-11-13-18(14-12-16)21(2,3)4/h11-15,19H,5-10H2,1-4H3. The van der Waals surface area contributed by atoms with Gasteiger partial charge in [-0.25, -0.2) is 4.79 Å². The van der Waals surface area contributed by atoms with Crippen molar-refractivity contribution in [3.05, 3.63) is 47.0 Å². The van der Waals surface area contributed by atoms with Crippen molar-refractivity contribution in [3.63, 3.8) is 0 Å². The second-order valence-electron chi connectivity index (χ2n) is 7.55. The summed E-state index contributed by atoms with van der Waals surface area (Å²) in [4.78, 5) is 12.0. The molecule has 0 amide bonds. The van der Waals surface area contributed by atoms with Crippen LogP contribution in [0.4, 0.5) is 0 Å². The topological polar surface area (TPSA) is 26.3 Å². The van der Waals surface area contributed by atoms with Crippen LogP contribution < -0.4 is 0 Å². The van der Waals surface area contributed by atoms with E-state index in [-0.39, 0.29) is 17.5 Å². The lowest BCUT2D eigenvalue weighted by Gasteiger charge is -2.19. The van der Waals surface area contributed by atoms with Crippen molar-refractivity contribution in [2.45, 2.75) is 77.7 Å². The third-order valence-electron chi connectivity index (χ3n) is 4.50. The van der Waals surface area contributed by atoms with Crippen LogP contribution in [0.1, 0.15) is 83.5 Å². The minimum atomic E-state index is -0.206. The van der Waals surface area contributed by atoms with E-state index in [1.54, 1.807) is 0 Å². The SMILES string of the molecule is CCCCCCCC1=CC(c2ccc(C(C)(C)C)cc2)OC1=O. The summed E-state index contributed by atoms with van der Waals surface area (Å²) in [6.45, 7) is 8.82. The Balaban J connectivity index is 1.95. The van der Waals surface area contributed by atoms with Gasteiger partial charge in [0.2, 0.25) is 0 Å². The Morgan fingerprint density at radius 1 is 1.00 bits per heavy atom. The van der Waals surface area contributed by atoms with Gasteiger partial charge in [0.25, 0.3) is 0 Å². The molecule has 0 aliphatic carbocycles. The molecule has 1 aromatic carbocycles. The number of hydrogen-bond donors (Lipinski definition) is 0. The Morgan fingerprint density at radius 2 is 1.65 bits per heavy atom. The summed E-state index contributed by atoms with van der Waals surface area (Å²) in [7, 11) is 0. The monoisotopic (exact) mass is 314 g/mol. The highest BCUT2D eigenvalue weighted by molar-refractivity contribution is 5.91. The van der Waals surface area contributed by atoms with Crippen molar-refractivity contribution in [1.82, 2.24) is 0 Å². The second-order valence-corrected chi connectivity index (χ2v) is 7.55. The number of ether oxygens (including phenoxy) is 1. The summed E-state index contributed by atoms with van der Waals surface area (Å²) in [6, 6.07) is 8.44. The molecule has 1 aliphatic rings. The average molecular weight is 314 g/mol. The molecular weight excluding hydrogens is 284 g/mol. The Hall–Kier alpha value is -1.57. The second kappa shape index (κ2) is 7.81. The van der Waals surface area contributed by atoms with Gasteiger partial charge in [0.05, 0.1) is 0 Å². The van der Waals surface area contributed by atoms with Crippen molar-refractivity contribution in [1.29, 1.82) is 0 Å². The first kappa shape index (κ1) is 17.8. The molecule has 0 bridgehead atoms. The van der Waals surface area contributed by atoms with Crippen molar-refractivity contribution in [2.24, 2.45) is 0 Å². The maximum atomic E-state index is 12.0. The van der Waals surface area contributed by atoms with Gasteiger partial charge >= 0.3 is 5.97 Å². The summed E-state index contributed by atoms with van der Waals surface area (Å²) in [6.07, 6.45) is 8.72. The molecule has 1 aliphatic heterocycles. The third-order valence-corrected chi connectivity index (χ3v) is 4.50. The van der Waals surface area contributed by atoms with Crippen LogP contribution in [0.15, 0.2) is 35.9 Å². The fraction of sp³-hybridized carbons (Fsp3) is 0.571. The predicted molar refractivity (Wildman–Crippen MR) is 95.4 cm³/mol. The lowest BCUT2D eigenvalue weighted by atomic mass is 9.86. The number of benzene rings is 1. The van der Waals surface area contributed by atoms with Crippen LogP contribution in [-0.2, 0) is 14.9 Å². The number of cyclic esters (lactones) is 1. The van der Waals surface area contributed by atoms with E-state index in [9.17, 15) is 4.79 Å². The zero-order valence-corrected chi connectivity index (χ0v) is 15.0. The molecule has 23 heavy (non-hydrogen) atoms. The van der Waals surface area contributed by atoms with Crippen LogP contribution in [0.25, 0.3) is 0 Å². The molecule has 0 aromatic heterocycles. The minimum Gasteiger partial charge on any atom is -0.450 e. The Labute approximate surface area is 140 Å². The molecule has 0 fully saturated rings. The smallest absolute Gasteiger partial charge is 0.334 e. The molecule has 0 N–H and O–H groups in total. The van der Waals surface area contributed by atoms with Gasteiger partial charge in [-0.3, -0.25) is 0 Å². The fourth-order valence-corrected chi connectivity index (χ4v) is 2.92. The molecule has 1 unspecified atom stereocenters. The predicted octanol–water partition coefficient (Wildman–Crippen LogP) is 5.87. The summed E-state index contributed by atoms with van der Waals surface area (Å²) >= 11 is 0. The maximum absolute atomic E-state index is 12.0. The van der Waals surface area contributed by atoms with Gasteiger partial charge in [0.15, 0.2) is 0 Å². The van der Waals surface area contributed by atoms with Gasteiger partial charge < -0.3 is 4.74 Å². The van der Waals surface area contributed by atoms with Crippen LogP contribution in [0.2, 0.25) is 0 Å². The van der Waals surface area contributed by atoms with E-state index in [4.69, 9.17) is 4.74 Å². The minimum absolute atomic E-state index is 0.134. The van der Waals surface area contributed by atoms with Gasteiger partial charge in [0, 0.05) is 5.57 Å². The highest BCUT2D eigenvalue weighted by Gasteiger charge is 2.26. The van der Waals surface area contributed by atoms with E-state index in [1.165, 1.54) is 31.2 Å². The molecule has 0 spiro atoms. The van der Waals surface area contributed by atoms with Crippen molar-refractivity contribution >= 4 is 5.97 Å². The van der Waals surface area contributed by atoms with E-state index in [0.29, 0.717) is 0 Å². The van der Waals surface area contributed by atoms with Gasteiger partial charge in [-0.2, -0.15) is 0 Å². The van der Waals surface area contributed by atoms with Gasteiger partial charge in [-0.05, 0) is 35.5 Å². The molecule has 2 nitrogen and oxygen atoms in total. The van der Waals surface area contributed by atoms with Crippen molar-refractivity contribution in [2.75, 3.05) is 0 Å². The molecule has 126 valence electrons. The normalized spacial score (nSPS) is 18.0. The van der Waals surface area contributed by atoms with Crippen LogP contribution >= 0.6 is 0 Å². The summed E-state index contributed by atoms with van der Waals surface area (Å²) in [5.41, 5.74) is 3.36. The fourth-order valence-electron chi connectivity index (χ4n) is 2.92. The van der Waals surface area contributed by atoms with Crippen LogP contribution in [0, 0.1) is 0 Å². The zero-order chi connectivity index (χ0) is 16.9. The van der Waals surface area contributed by atoms with Gasteiger partial charge in [0.1, 0.15) is 6.10 Å². The average Bonchev–Trinajstić information content (AvgIpc) is 2.88. The lowest BCUT2D eigenvalue weighted by molar-refractivity contribution is -0.140. The Morgan fingerprint density at radius 3 is 2.26 bits per heavy atom. The first-order chi connectivity index (χ1) is 10.9. The molecule has 1 heterocycles. The Kier molecular flexibility index (Phi) is 6.04. The van der Waals surface area contributed by atoms with Crippen LogP contribution in [-0.4, -0.2) is 5.97 Å². The quantitative estimate of drug-likeness (QED) is 0.465. The van der Waals surface area contributed by atoms with E-state index < -0.39 is 0 Å². The third kappa shape index (κ3) is 4.95. The first-order valence-corrected chi connectivity index (χ1v) is 8.94. The molecule has 0 radical (unpaired) electrons. The number of esters is 1. The van der Waals surface area contributed by atoms with E-state index in [0.717, 1.165) is 24.0 Å². The molecule has 1 atom stereocenters. The van der Waals surface area contributed by atoms with E-state index in [1.807, 2.05) is 6.08 Å².